The van der Waals surface area contributed by atoms with Gasteiger partial charge >= 0.3 is 5.97 Å². The smallest absolute Gasteiger partial charge is 0.371 e. The van der Waals surface area contributed by atoms with Gasteiger partial charge in [-0.05, 0) is 50.2 Å². The fourth-order valence-corrected chi connectivity index (χ4v) is 3.10. The molecule has 1 amide bonds. The van der Waals surface area contributed by atoms with Crippen LogP contribution < -0.4 is 5.32 Å². The highest BCUT2D eigenvalue weighted by molar-refractivity contribution is 9.10. The van der Waals surface area contributed by atoms with Gasteiger partial charge in [-0.1, -0.05) is 15.9 Å². The summed E-state index contributed by atoms with van der Waals surface area (Å²) in [6.45, 7) is 3.82. The Balaban J connectivity index is 1.94. The average Bonchev–Trinajstić information content (AvgIpc) is 2.96. The Labute approximate surface area is 146 Å². The lowest BCUT2D eigenvalue weighted by atomic mass is 10.2. The third kappa shape index (κ3) is 4.87. The molecular weight excluding hydrogens is 382 g/mol. The van der Waals surface area contributed by atoms with E-state index in [4.69, 9.17) is 9.52 Å². The molecular formula is C16H16BrNO4S. The summed E-state index contributed by atoms with van der Waals surface area (Å²) in [5, 5.41) is 11.6. The van der Waals surface area contributed by atoms with Crippen LogP contribution in [-0.4, -0.2) is 21.7 Å². The predicted octanol–water partition coefficient (Wildman–Crippen LogP) is 3.93. The molecule has 122 valence electrons. The summed E-state index contributed by atoms with van der Waals surface area (Å²) in [6.07, 6.45) is 0. The van der Waals surface area contributed by atoms with E-state index in [-0.39, 0.29) is 18.2 Å². The number of carboxylic acids is 1. The first kappa shape index (κ1) is 17.6. The van der Waals surface area contributed by atoms with E-state index in [9.17, 15) is 9.59 Å². The topological polar surface area (TPSA) is 79.5 Å². The van der Waals surface area contributed by atoms with E-state index in [0.29, 0.717) is 5.76 Å². The first-order chi connectivity index (χ1) is 10.8. The lowest BCUT2D eigenvalue weighted by Crippen LogP contribution is -2.39. The lowest BCUT2D eigenvalue weighted by Gasteiger charge is -2.22. The highest BCUT2D eigenvalue weighted by atomic mass is 79.9. The Morgan fingerprint density at radius 2 is 1.87 bits per heavy atom. The summed E-state index contributed by atoms with van der Waals surface area (Å²) < 4.78 is 5.43. The molecule has 0 aliphatic carbocycles. The van der Waals surface area contributed by atoms with Crippen molar-refractivity contribution < 1.29 is 19.1 Å². The second-order valence-corrected chi connectivity index (χ2v) is 7.93. The number of hydrogen-bond acceptors (Lipinski definition) is 4. The van der Waals surface area contributed by atoms with Gasteiger partial charge in [-0.25, -0.2) is 4.79 Å². The molecule has 0 saturated carbocycles. The minimum absolute atomic E-state index is 0.141. The maximum Gasteiger partial charge on any atom is 0.371 e. The Bertz CT molecular complexity index is 709. The molecule has 0 aliphatic heterocycles. The molecule has 0 spiro atoms. The molecule has 1 aromatic heterocycles. The molecule has 0 bridgehead atoms. The van der Waals surface area contributed by atoms with Crippen LogP contribution in [0.3, 0.4) is 0 Å². The number of nitrogens with one attached hydrogen (secondary N) is 1. The summed E-state index contributed by atoms with van der Waals surface area (Å²) >= 11 is 4.83. The fourth-order valence-electron chi connectivity index (χ4n) is 1.81. The first-order valence-corrected chi connectivity index (χ1v) is 8.44. The standard InChI is InChI=1S/C16H16BrNO4S/c1-16(2,23-12-6-3-10(17)4-7-12)15(21)18-9-11-5-8-13(22-11)14(19)20/h3-8H,9H2,1-2H3,(H,18,21)(H,19,20). The van der Waals surface area contributed by atoms with Crippen molar-refractivity contribution in [1.29, 1.82) is 0 Å². The van der Waals surface area contributed by atoms with Gasteiger partial charge in [0.2, 0.25) is 11.7 Å². The zero-order valence-electron chi connectivity index (χ0n) is 12.6. The molecule has 1 heterocycles. The van der Waals surface area contributed by atoms with Crippen LogP contribution in [0.5, 0.6) is 0 Å². The van der Waals surface area contributed by atoms with Crippen LogP contribution >= 0.6 is 27.7 Å². The van der Waals surface area contributed by atoms with Crippen LogP contribution in [-0.2, 0) is 11.3 Å². The largest absolute Gasteiger partial charge is 0.475 e. The van der Waals surface area contributed by atoms with Crippen LogP contribution in [0.2, 0.25) is 0 Å². The summed E-state index contributed by atoms with van der Waals surface area (Å²) in [7, 11) is 0. The average molecular weight is 398 g/mol. The van der Waals surface area contributed by atoms with Gasteiger partial charge in [0.05, 0.1) is 11.3 Å². The van der Waals surface area contributed by atoms with E-state index in [1.807, 2.05) is 38.1 Å². The van der Waals surface area contributed by atoms with Crippen LogP contribution in [0.4, 0.5) is 0 Å². The van der Waals surface area contributed by atoms with Crippen molar-refractivity contribution in [2.75, 3.05) is 0 Å². The zero-order chi connectivity index (χ0) is 17.0. The molecule has 0 fully saturated rings. The van der Waals surface area contributed by atoms with E-state index in [1.165, 1.54) is 17.8 Å². The molecule has 7 heteroatoms. The Kier molecular flexibility index (Phi) is 5.54. The number of carbonyl (C=O) groups is 2. The monoisotopic (exact) mass is 397 g/mol. The lowest BCUT2D eigenvalue weighted by molar-refractivity contribution is -0.122. The Morgan fingerprint density at radius 3 is 2.43 bits per heavy atom. The minimum atomic E-state index is -1.13. The molecule has 23 heavy (non-hydrogen) atoms. The summed E-state index contributed by atoms with van der Waals surface area (Å²) in [4.78, 5) is 24.1. The van der Waals surface area contributed by atoms with Crippen LogP contribution in [0.15, 0.2) is 50.2 Å². The van der Waals surface area contributed by atoms with Gasteiger partial charge in [-0.3, -0.25) is 4.79 Å². The normalized spacial score (nSPS) is 11.3. The molecule has 2 rings (SSSR count). The number of rotatable bonds is 6. The number of hydrogen-bond donors (Lipinski definition) is 2. The number of amides is 1. The number of thioether (sulfide) groups is 1. The number of carbonyl (C=O) groups excluding carboxylic acids is 1. The van der Waals surface area contributed by atoms with Gasteiger partial charge < -0.3 is 14.8 Å². The second-order valence-electron chi connectivity index (χ2n) is 5.32. The third-order valence-electron chi connectivity index (χ3n) is 3.03. The van der Waals surface area contributed by atoms with Gasteiger partial charge in [0.1, 0.15) is 5.76 Å². The van der Waals surface area contributed by atoms with Gasteiger partial charge in [-0.15, -0.1) is 11.8 Å². The maximum atomic E-state index is 12.4. The number of furan rings is 1. The summed E-state index contributed by atoms with van der Waals surface area (Å²) in [5.41, 5.74) is 0. The van der Waals surface area contributed by atoms with E-state index < -0.39 is 10.7 Å². The van der Waals surface area contributed by atoms with Crippen molar-refractivity contribution in [1.82, 2.24) is 5.32 Å². The highest BCUT2D eigenvalue weighted by Crippen LogP contribution is 2.33. The molecule has 5 nitrogen and oxygen atoms in total. The molecule has 1 aromatic carbocycles. The van der Waals surface area contributed by atoms with Crippen molar-refractivity contribution in [2.45, 2.75) is 30.0 Å². The zero-order valence-corrected chi connectivity index (χ0v) is 15.0. The minimum Gasteiger partial charge on any atom is -0.475 e. The van der Waals surface area contributed by atoms with Crippen LogP contribution in [0.1, 0.15) is 30.2 Å². The SMILES string of the molecule is CC(C)(Sc1ccc(Br)cc1)C(=O)NCc1ccc(C(=O)O)o1. The fraction of sp³-hybridized carbons (Fsp3) is 0.250. The van der Waals surface area contributed by atoms with Crippen molar-refractivity contribution in [2.24, 2.45) is 0 Å². The van der Waals surface area contributed by atoms with E-state index in [1.54, 1.807) is 6.07 Å². The van der Waals surface area contributed by atoms with Gasteiger partial charge in [0, 0.05) is 9.37 Å². The predicted molar refractivity (Wildman–Crippen MR) is 91.6 cm³/mol. The number of aromatic carboxylic acids is 1. The van der Waals surface area contributed by atoms with E-state index >= 15 is 0 Å². The number of carboxylic acid groups (broad SMARTS) is 1. The van der Waals surface area contributed by atoms with Crippen molar-refractivity contribution >= 4 is 39.6 Å². The van der Waals surface area contributed by atoms with Crippen LogP contribution in [0, 0.1) is 0 Å². The van der Waals surface area contributed by atoms with Crippen LogP contribution in [0.25, 0.3) is 0 Å². The maximum absolute atomic E-state index is 12.4. The van der Waals surface area contributed by atoms with E-state index in [0.717, 1.165) is 9.37 Å². The number of halogens is 1. The van der Waals surface area contributed by atoms with Gasteiger partial charge in [0.25, 0.3) is 0 Å². The summed E-state index contributed by atoms with van der Waals surface area (Å²) in [6, 6.07) is 10.6. The van der Waals surface area contributed by atoms with Gasteiger partial charge in [-0.2, -0.15) is 0 Å². The van der Waals surface area contributed by atoms with Crippen molar-refractivity contribution in [3.05, 3.63) is 52.4 Å². The van der Waals surface area contributed by atoms with Crippen molar-refractivity contribution in [3.63, 3.8) is 0 Å². The van der Waals surface area contributed by atoms with E-state index in [2.05, 4.69) is 21.2 Å². The second kappa shape index (κ2) is 7.23. The molecule has 0 radical (unpaired) electrons. The molecule has 0 unspecified atom stereocenters. The molecule has 0 saturated heterocycles. The first-order valence-electron chi connectivity index (χ1n) is 6.83. The Hall–Kier alpha value is -1.73. The Morgan fingerprint density at radius 1 is 1.22 bits per heavy atom. The quantitative estimate of drug-likeness (QED) is 0.721. The molecule has 2 N–H and O–H groups in total. The van der Waals surface area contributed by atoms with Gasteiger partial charge in [0.15, 0.2) is 0 Å². The van der Waals surface area contributed by atoms with Crippen molar-refractivity contribution in [3.8, 4) is 0 Å². The highest BCUT2D eigenvalue weighted by Gasteiger charge is 2.29. The molecule has 2 aromatic rings. The summed E-state index contributed by atoms with van der Waals surface area (Å²) in [5.74, 6) is -1.02. The number of benzene rings is 1. The molecule has 0 atom stereocenters. The molecule has 0 aliphatic rings. The third-order valence-corrected chi connectivity index (χ3v) is 4.76.